The predicted octanol–water partition coefficient (Wildman–Crippen LogP) is 2.66. The van der Waals surface area contributed by atoms with Crippen molar-refractivity contribution in [3.63, 3.8) is 0 Å². The van der Waals surface area contributed by atoms with Gasteiger partial charge in [-0.05, 0) is 20.8 Å². The Kier molecular flexibility index (Phi) is 9.54. The fourth-order valence-corrected chi connectivity index (χ4v) is 1.98. The summed E-state index contributed by atoms with van der Waals surface area (Å²) in [7, 11) is 0. The van der Waals surface area contributed by atoms with Crippen LogP contribution in [0.15, 0.2) is 30.3 Å². The average molecular weight is 247 g/mol. The van der Waals surface area contributed by atoms with Crippen LogP contribution < -0.4 is 0 Å². The second kappa shape index (κ2) is 8.57. The Labute approximate surface area is 106 Å². The number of rotatable bonds is 5. The highest BCUT2D eigenvalue weighted by Crippen LogP contribution is 2.13. The molecule has 1 aromatic rings. The highest BCUT2D eigenvalue weighted by Gasteiger charge is 2.20. The maximum atomic E-state index is 2.29. The summed E-state index contributed by atoms with van der Waals surface area (Å²) in [6.07, 6.45) is 0. The van der Waals surface area contributed by atoms with Gasteiger partial charge in [0.15, 0.2) is 0 Å². The first-order chi connectivity index (χ1) is 6.76. The molecule has 0 spiro atoms. The Hall–Kier alpha value is -0.570. The van der Waals surface area contributed by atoms with Gasteiger partial charge in [-0.15, -0.1) is 12.4 Å². The van der Waals surface area contributed by atoms with Crippen molar-refractivity contribution >= 4 is 12.4 Å². The van der Waals surface area contributed by atoms with E-state index in [9.17, 15) is 0 Å². The van der Waals surface area contributed by atoms with E-state index in [1.54, 1.807) is 0 Å². The molecule has 0 amide bonds. The first-order valence-corrected chi connectivity index (χ1v) is 5.65. The molecule has 0 atom stereocenters. The molecular weight excluding hydrogens is 222 g/mol. The lowest BCUT2D eigenvalue weighted by molar-refractivity contribution is -0.936. The molecule has 0 saturated carbocycles. The van der Waals surface area contributed by atoms with Gasteiger partial charge in [-0.2, -0.15) is 0 Å². The molecule has 0 aromatic heterocycles. The minimum absolute atomic E-state index is 0. The highest BCUT2D eigenvalue weighted by atomic mass is 35.5. The maximum absolute atomic E-state index is 2.29. The molecule has 1 rings (SSSR count). The first kappa shape index (κ1) is 17.8. The summed E-state index contributed by atoms with van der Waals surface area (Å²) < 4.78 is 1.20. The average Bonchev–Trinajstić information content (AvgIpc) is 2.28. The quantitative estimate of drug-likeness (QED) is 0.716. The Bertz CT molecular complexity index is 252. The molecule has 16 heavy (non-hydrogen) atoms. The largest absolute Gasteiger partial charge is 0.412 e. The Morgan fingerprint density at radius 1 is 0.875 bits per heavy atom. The molecule has 0 aliphatic rings. The molecule has 0 aliphatic heterocycles. The minimum atomic E-state index is 0. The van der Waals surface area contributed by atoms with Gasteiger partial charge in [0.25, 0.3) is 0 Å². The van der Waals surface area contributed by atoms with Crippen LogP contribution in [0.3, 0.4) is 0 Å². The Morgan fingerprint density at radius 3 is 1.69 bits per heavy atom. The van der Waals surface area contributed by atoms with Crippen molar-refractivity contribution in [2.45, 2.75) is 27.3 Å². The van der Waals surface area contributed by atoms with Gasteiger partial charge in [0.1, 0.15) is 6.54 Å². The van der Waals surface area contributed by atoms with Crippen molar-refractivity contribution in [3.05, 3.63) is 35.9 Å². The summed E-state index contributed by atoms with van der Waals surface area (Å²) in [5.41, 5.74) is 1.46. The number of benzene rings is 1. The van der Waals surface area contributed by atoms with Crippen LogP contribution in [0.25, 0.3) is 0 Å². The molecule has 0 saturated heterocycles. The van der Waals surface area contributed by atoms with Crippen molar-refractivity contribution in [2.75, 3.05) is 19.6 Å². The van der Waals surface area contributed by atoms with Gasteiger partial charge in [-0.1, -0.05) is 30.3 Å². The van der Waals surface area contributed by atoms with Gasteiger partial charge in [-0.25, -0.2) is 0 Å². The monoisotopic (exact) mass is 246 g/mol. The van der Waals surface area contributed by atoms with Crippen LogP contribution in [0.5, 0.6) is 0 Å². The zero-order chi connectivity index (χ0) is 10.4. The summed E-state index contributed by atoms with van der Waals surface area (Å²) >= 11 is 0. The van der Waals surface area contributed by atoms with Crippen LogP contribution in [0.4, 0.5) is 0 Å². The van der Waals surface area contributed by atoms with Crippen molar-refractivity contribution in [2.24, 2.45) is 0 Å². The lowest BCUT2D eigenvalue weighted by atomic mass is 10.2. The molecular formula is C13H25ClNO+. The van der Waals surface area contributed by atoms with E-state index >= 15 is 0 Å². The van der Waals surface area contributed by atoms with E-state index in [0.717, 1.165) is 0 Å². The van der Waals surface area contributed by atoms with E-state index in [2.05, 4.69) is 51.1 Å². The lowest BCUT2D eigenvalue weighted by Crippen LogP contribution is -2.46. The lowest BCUT2D eigenvalue weighted by Gasteiger charge is -2.35. The van der Waals surface area contributed by atoms with Gasteiger partial charge in [0, 0.05) is 5.56 Å². The summed E-state index contributed by atoms with van der Waals surface area (Å²) in [4.78, 5) is 0. The molecule has 1 aromatic carbocycles. The van der Waals surface area contributed by atoms with Crippen LogP contribution in [0, 0.1) is 0 Å². The number of hydrogen-bond donors (Lipinski definition) is 0. The highest BCUT2D eigenvalue weighted by molar-refractivity contribution is 5.85. The first-order valence-electron chi connectivity index (χ1n) is 5.65. The molecule has 0 fully saturated rings. The van der Waals surface area contributed by atoms with E-state index < -0.39 is 0 Å². The van der Waals surface area contributed by atoms with Crippen molar-refractivity contribution in [1.82, 2.24) is 0 Å². The molecule has 0 aliphatic carbocycles. The third-order valence-corrected chi connectivity index (χ3v) is 3.37. The van der Waals surface area contributed by atoms with Gasteiger partial charge < -0.3 is 9.96 Å². The van der Waals surface area contributed by atoms with Crippen LogP contribution >= 0.6 is 12.4 Å². The maximum Gasteiger partial charge on any atom is 0.104 e. The second-order valence-electron chi connectivity index (χ2n) is 3.93. The molecule has 2 nitrogen and oxygen atoms in total. The van der Waals surface area contributed by atoms with Crippen molar-refractivity contribution < 1.29 is 9.96 Å². The molecule has 0 unspecified atom stereocenters. The summed E-state index contributed by atoms with van der Waals surface area (Å²) in [5, 5.41) is 0. The van der Waals surface area contributed by atoms with Gasteiger partial charge in [0.2, 0.25) is 0 Å². The summed E-state index contributed by atoms with van der Waals surface area (Å²) in [6.45, 7) is 11.7. The predicted molar refractivity (Wildman–Crippen MR) is 72.9 cm³/mol. The third kappa shape index (κ3) is 4.52. The smallest absolute Gasteiger partial charge is 0.104 e. The molecule has 3 heteroatoms. The normalized spacial score (nSPS) is 10.2. The number of hydrogen-bond acceptors (Lipinski definition) is 0. The fraction of sp³-hybridized carbons (Fsp3) is 0.538. The zero-order valence-corrected chi connectivity index (χ0v) is 11.4. The SMILES string of the molecule is CC[N+](CC)(CC)Cc1ccccc1.Cl.O. The number of halogens is 1. The number of nitrogens with zero attached hydrogens (tertiary/aromatic N) is 1. The fourth-order valence-electron chi connectivity index (χ4n) is 1.98. The summed E-state index contributed by atoms with van der Waals surface area (Å²) in [6, 6.07) is 10.8. The standard InChI is InChI=1S/C13H22N.ClH.H2O/c1-4-14(5-2,6-3)12-13-10-8-7-9-11-13;;/h7-11H,4-6,12H2,1-3H3;1H;1H2/q+1;;. The molecule has 2 N–H and O–H groups in total. The number of quaternary nitrogens is 1. The molecule has 0 heterocycles. The van der Waals surface area contributed by atoms with E-state index in [1.807, 2.05) is 0 Å². The van der Waals surface area contributed by atoms with Crippen LogP contribution in [-0.4, -0.2) is 29.6 Å². The molecule has 0 bridgehead atoms. The van der Waals surface area contributed by atoms with Gasteiger partial charge in [0.05, 0.1) is 19.6 Å². The second-order valence-corrected chi connectivity index (χ2v) is 3.93. The minimum Gasteiger partial charge on any atom is -0.412 e. The van der Waals surface area contributed by atoms with E-state index in [0.29, 0.717) is 0 Å². The summed E-state index contributed by atoms with van der Waals surface area (Å²) in [5.74, 6) is 0. The molecule has 94 valence electrons. The van der Waals surface area contributed by atoms with E-state index in [4.69, 9.17) is 0 Å². The van der Waals surface area contributed by atoms with Crippen LogP contribution in [0.1, 0.15) is 26.3 Å². The molecule has 0 radical (unpaired) electrons. The van der Waals surface area contributed by atoms with E-state index in [1.165, 1.54) is 36.2 Å². The van der Waals surface area contributed by atoms with Gasteiger partial charge in [-0.3, -0.25) is 0 Å². The van der Waals surface area contributed by atoms with Crippen molar-refractivity contribution in [1.29, 1.82) is 0 Å². The topological polar surface area (TPSA) is 31.5 Å². The van der Waals surface area contributed by atoms with E-state index in [-0.39, 0.29) is 17.9 Å². The van der Waals surface area contributed by atoms with Crippen LogP contribution in [-0.2, 0) is 6.54 Å². The third-order valence-electron chi connectivity index (χ3n) is 3.37. The zero-order valence-electron chi connectivity index (χ0n) is 10.6. The Morgan fingerprint density at radius 2 is 1.31 bits per heavy atom. The van der Waals surface area contributed by atoms with Crippen LogP contribution in [0.2, 0.25) is 0 Å². The van der Waals surface area contributed by atoms with Gasteiger partial charge >= 0.3 is 0 Å². The Balaban J connectivity index is 0. The van der Waals surface area contributed by atoms with Crippen molar-refractivity contribution in [3.8, 4) is 0 Å².